The molecule has 11 heteroatoms. The van der Waals surface area contributed by atoms with E-state index in [1.165, 1.54) is 28.6 Å². The summed E-state index contributed by atoms with van der Waals surface area (Å²) in [6.45, 7) is 1.22. The van der Waals surface area contributed by atoms with E-state index in [1.807, 2.05) is 0 Å². The molecule has 1 aliphatic heterocycles. The second-order valence-corrected chi connectivity index (χ2v) is 10.1. The van der Waals surface area contributed by atoms with E-state index in [4.69, 9.17) is 9.15 Å². The summed E-state index contributed by atoms with van der Waals surface area (Å²) in [5.41, 5.74) is 0.688. The Labute approximate surface area is 163 Å². The minimum absolute atomic E-state index is 0.125. The number of sulfone groups is 1. The average Bonchev–Trinajstić information content (AvgIpc) is 3.17. The van der Waals surface area contributed by atoms with Crippen molar-refractivity contribution in [2.45, 2.75) is 16.5 Å². The minimum atomic E-state index is -3.81. The van der Waals surface area contributed by atoms with Crippen LogP contribution in [0.3, 0.4) is 0 Å². The first-order chi connectivity index (χ1) is 13.2. The second-order valence-electron chi connectivity index (χ2n) is 6.23. The van der Waals surface area contributed by atoms with Crippen LogP contribution in [0.25, 0.3) is 0 Å². The normalized spacial score (nSPS) is 16.0. The van der Waals surface area contributed by atoms with Crippen LogP contribution in [-0.2, 0) is 31.1 Å². The van der Waals surface area contributed by atoms with Gasteiger partial charge in [0.05, 0.1) is 18.1 Å². The third kappa shape index (κ3) is 4.61. The molecule has 0 unspecified atom stereocenters. The third-order valence-corrected chi connectivity index (χ3v) is 7.08. The first-order valence-corrected chi connectivity index (χ1v) is 11.8. The monoisotopic (exact) mass is 428 g/mol. The van der Waals surface area contributed by atoms with Gasteiger partial charge in [-0.3, -0.25) is 4.79 Å². The molecule has 0 spiro atoms. The fourth-order valence-electron chi connectivity index (χ4n) is 2.62. The zero-order valence-corrected chi connectivity index (χ0v) is 16.8. The highest BCUT2D eigenvalue weighted by atomic mass is 32.2. The number of rotatable bonds is 6. The number of morpholine rings is 1. The Balaban J connectivity index is 1.64. The van der Waals surface area contributed by atoms with Crippen molar-refractivity contribution >= 4 is 25.8 Å². The fourth-order valence-corrected chi connectivity index (χ4v) is 4.57. The van der Waals surface area contributed by atoms with Gasteiger partial charge in [0.2, 0.25) is 5.09 Å². The van der Waals surface area contributed by atoms with E-state index in [2.05, 4.69) is 5.32 Å². The van der Waals surface area contributed by atoms with Crippen LogP contribution in [0.1, 0.15) is 16.1 Å². The zero-order chi connectivity index (χ0) is 20.4. The number of carbonyl (C=O) groups is 1. The van der Waals surface area contributed by atoms with E-state index < -0.39 is 25.8 Å². The minimum Gasteiger partial charge on any atom is -0.438 e. The predicted octanol–water partition coefficient (Wildman–Crippen LogP) is 0.634. The largest absolute Gasteiger partial charge is 0.438 e. The number of nitrogens with zero attached hydrogens (tertiary/aromatic N) is 1. The lowest BCUT2D eigenvalue weighted by Crippen LogP contribution is -2.40. The van der Waals surface area contributed by atoms with Crippen molar-refractivity contribution in [2.24, 2.45) is 0 Å². The Hall–Kier alpha value is -2.21. The van der Waals surface area contributed by atoms with Gasteiger partial charge < -0.3 is 14.5 Å². The predicted molar refractivity (Wildman–Crippen MR) is 99.0 cm³/mol. The zero-order valence-electron chi connectivity index (χ0n) is 15.1. The van der Waals surface area contributed by atoms with Gasteiger partial charge in [0.1, 0.15) is 0 Å². The number of nitrogens with one attached hydrogen (secondary N) is 1. The first-order valence-electron chi connectivity index (χ1n) is 8.43. The molecule has 2 aromatic rings. The van der Waals surface area contributed by atoms with Crippen LogP contribution < -0.4 is 5.32 Å². The Morgan fingerprint density at radius 2 is 1.68 bits per heavy atom. The van der Waals surface area contributed by atoms with Crippen LogP contribution in [0, 0.1) is 0 Å². The highest BCUT2D eigenvalue weighted by molar-refractivity contribution is 7.90. The van der Waals surface area contributed by atoms with Crippen molar-refractivity contribution in [3.63, 3.8) is 0 Å². The van der Waals surface area contributed by atoms with E-state index in [0.717, 1.165) is 6.26 Å². The van der Waals surface area contributed by atoms with Crippen molar-refractivity contribution in [2.75, 3.05) is 32.6 Å². The molecule has 0 atom stereocenters. The van der Waals surface area contributed by atoms with E-state index >= 15 is 0 Å². The van der Waals surface area contributed by atoms with E-state index in [0.29, 0.717) is 18.8 Å². The Bertz CT molecular complexity index is 1050. The molecule has 1 aromatic carbocycles. The number of furan rings is 1. The number of hydrogen-bond acceptors (Lipinski definition) is 7. The number of sulfonamides is 1. The number of benzene rings is 1. The van der Waals surface area contributed by atoms with Crippen LogP contribution in [-0.4, -0.2) is 59.6 Å². The maximum Gasteiger partial charge on any atom is 0.287 e. The molecule has 0 bridgehead atoms. The molecule has 1 saturated heterocycles. The molecule has 1 N–H and O–H groups in total. The Morgan fingerprint density at radius 1 is 1.04 bits per heavy atom. The standard InChI is InChI=1S/C17H20N2O7S2/c1-27(21,22)14-4-2-13(3-5-14)12-18-17(20)15-6-7-16(26-15)28(23,24)19-8-10-25-11-9-19/h2-7H,8-12H2,1H3,(H,18,20). The molecular weight excluding hydrogens is 408 g/mol. The van der Waals surface area contributed by atoms with E-state index in [9.17, 15) is 21.6 Å². The second kappa shape index (κ2) is 8.03. The topological polar surface area (TPSA) is 123 Å². The van der Waals surface area contributed by atoms with Crippen LogP contribution in [0.4, 0.5) is 0 Å². The summed E-state index contributed by atoms with van der Waals surface area (Å²) in [5.74, 6) is -0.699. The quantitative estimate of drug-likeness (QED) is 0.716. The maximum atomic E-state index is 12.5. The maximum absolute atomic E-state index is 12.5. The highest BCUT2D eigenvalue weighted by Crippen LogP contribution is 2.20. The molecule has 28 heavy (non-hydrogen) atoms. The van der Waals surface area contributed by atoms with Gasteiger partial charge in [-0.1, -0.05) is 12.1 Å². The summed E-state index contributed by atoms with van der Waals surface area (Å²) in [4.78, 5) is 12.4. The summed E-state index contributed by atoms with van der Waals surface area (Å²) in [6, 6.07) is 8.64. The van der Waals surface area contributed by atoms with Gasteiger partial charge in [0.25, 0.3) is 15.9 Å². The molecule has 2 heterocycles. The van der Waals surface area contributed by atoms with Crippen LogP contribution in [0.5, 0.6) is 0 Å². The summed E-state index contributed by atoms with van der Waals surface area (Å²) in [5, 5.41) is 2.31. The molecule has 152 valence electrons. The molecule has 9 nitrogen and oxygen atoms in total. The summed E-state index contributed by atoms with van der Waals surface area (Å²) < 4.78 is 59.6. The smallest absolute Gasteiger partial charge is 0.287 e. The Kier molecular flexibility index (Phi) is 5.89. The van der Waals surface area contributed by atoms with Gasteiger partial charge in [-0.15, -0.1) is 0 Å². The van der Waals surface area contributed by atoms with Crippen LogP contribution >= 0.6 is 0 Å². The first kappa shape index (κ1) is 20.5. The molecule has 0 saturated carbocycles. The number of ether oxygens (including phenoxy) is 1. The van der Waals surface area contributed by atoms with Gasteiger partial charge in [-0.2, -0.15) is 4.31 Å². The average molecular weight is 428 g/mol. The molecule has 3 rings (SSSR count). The lowest BCUT2D eigenvalue weighted by Gasteiger charge is -2.24. The summed E-state index contributed by atoms with van der Waals surface area (Å²) in [6.07, 6.45) is 1.11. The van der Waals surface area contributed by atoms with Gasteiger partial charge in [0.15, 0.2) is 15.6 Å². The van der Waals surface area contributed by atoms with Crippen LogP contribution in [0.2, 0.25) is 0 Å². The van der Waals surface area contributed by atoms with Crippen LogP contribution in [0.15, 0.2) is 50.8 Å². The molecule has 0 aliphatic carbocycles. The van der Waals surface area contributed by atoms with Crippen molar-refractivity contribution in [3.8, 4) is 0 Å². The number of amides is 1. The van der Waals surface area contributed by atoms with Crippen molar-refractivity contribution < 1.29 is 30.8 Å². The van der Waals surface area contributed by atoms with Crippen molar-refractivity contribution in [1.29, 1.82) is 0 Å². The van der Waals surface area contributed by atoms with Gasteiger partial charge in [-0.25, -0.2) is 16.8 Å². The lowest BCUT2D eigenvalue weighted by molar-refractivity contribution is 0.0722. The van der Waals surface area contributed by atoms with Crippen molar-refractivity contribution in [1.82, 2.24) is 9.62 Å². The third-order valence-electron chi connectivity index (χ3n) is 4.17. The Morgan fingerprint density at radius 3 is 2.29 bits per heavy atom. The summed E-state index contributed by atoms with van der Waals surface area (Å²) in [7, 11) is -7.10. The van der Waals surface area contributed by atoms with E-state index in [-0.39, 0.29) is 35.4 Å². The SMILES string of the molecule is CS(=O)(=O)c1ccc(CNC(=O)c2ccc(S(=O)(=O)N3CCOCC3)o2)cc1. The summed E-state index contributed by atoms with van der Waals surface area (Å²) >= 11 is 0. The number of hydrogen-bond donors (Lipinski definition) is 1. The molecule has 1 aliphatic rings. The molecule has 0 radical (unpaired) electrons. The lowest BCUT2D eigenvalue weighted by atomic mass is 10.2. The number of carbonyl (C=O) groups excluding carboxylic acids is 1. The fraction of sp³-hybridized carbons (Fsp3) is 0.353. The van der Waals surface area contributed by atoms with Gasteiger partial charge in [-0.05, 0) is 29.8 Å². The molecule has 1 fully saturated rings. The highest BCUT2D eigenvalue weighted by Gasteiger charge is 2.30. The molecule has 1 amide bonds. The van der Waals surface area contributed by atoms with Gasteiger partial charge in [0, 0.05) is 25.9 Å². The van der Waals surface area contributed by atoms with E-state index in [1.54, 1.807) is 12.1 Å². The van der Waals surface area contributed by atoms with Crippen molar-refractivity contribution in [3.05, 3.63) is 47.7 Å². The molecular formula is C17H20N2O7S2. The molecule has 1 aromatic heterocycles. The van der Waals surface area contributed by atoms with Gasteiger partial charge >= 0.3 is 0 Å².